The molecule has 1 fully saturated rings. The van der Waals surface area contributed by atoms with Gasteiger partial charge in [0.15, 0.2) is 0 Å². The number of hydrogen-bond donors (Lipinski definition) is 2. The second kappa shape index (κ2) is 9.25. The van der Waals surface area contributed by atoms with Gasteiger partial charge in [-0.25, -0.2) is 0 Å². The Bertz CT molecular complexity index is 264. The van der Waals surface area contributed by atoms with Crippen LogP contribution in [0.25, 0.3) is 0 Å². The van der Waals surface area contributed by atoms with Gasteiger partial charge < -0.3 is 20.5 Å². The lowest BCUT2D eigenvalue weighted by atomic mass is 10.1. The molecule has 2 atom stereocenters. The number of hydrogen-bond acceptors (Lipinski definition) is 5. The number of morpholine rings is 1. The molecule has 1 rings (SSSR count). The topological polar surface area (TPSA) is 76.8 Å². The molecule has 0 aromatic rings. The van der Waals surface area contributed by atoms with Crippen molar-refractivity contribution in [3.8, 4) is 0 Å². The molecule has 112 valence electrons. The van der Waals surface area contributed by atoms with Gasteiger partial charge in [-0.05, 0) is 26.3 Å². The van der Waals surface area contributed by atoms with Crippen LogP contribution in [-0.2, 0) is 14.3 Å². The molecule has 1 aliphatic heterocycles. The Labute approximate surface area is 115 Å². The van der Waals surface area contributed by atoms with Crippen molar-refractivity contribution >= 4 is 5.91 Å². The van der Waals surface area contributed by atoms with Crippen LogP contribution in [0.3, 0.4) is 0 Å². The van der Waals surface area contributed by atoms with E-state index in [0.717, 1.165) is 19.4 Å². The van der Waals surface area contributed by atoms with Crippen LogP contribution in [0.1, 0.15) is 19.8 Å². The molecule has 1 aliphatic rings. The molecule has 0 aromatic carbocycles. The Kier molecular flexibility index (Phi) is 7.97. The highest BCUT2D eigenvalue weighted by molar-refractivity contribution is 5.82. The Morgan fingerprint density at radius 1 is 1.63 bits per heavy atom. The van der Waals surface area contributed by atoms with E-state index in [4.69, 9.17) is 15.2 Å². The molecular weight excluding hydrogens is 246 g/mol. The summed E-state index contributed by atoms with van der Waals surface area (Å²) in [7, 11) is 1.69. The number of carbonyl (C=O) groups excluding carboxylic acids is 1. The van der Waals surface area contributed by atoms with Crippen LogP contribution in [0.5, 0.6) is 0 Å². The Balaban J connectivity index is 2.68. The summed E-state index contributed by atoms with van der Waals surface area (Å²) >= 11 is 0. The normalized spacial score (nSPS) is 22.2. The molecule has 1 saturated heterocycles. The predicted molar refractivity (Wildman–Crippen MR) is 73.9 cm³/mol. The van der Waals surface area contributed by atoms with Crippen LogP contribution in [0, 0.1) is 0 Å². The van der Waals surface area contributed by atoms with E-state index in [0.29, 0.717) is 32.9 Å². The number of likely N-dealkylation sites (N-methyl/N-ethyl adjacent to an activating group) is 1. The van der Waals surface area contributed by atoms with Crippen molar-refractivity contribution in [3.63, 3.8) is 0 Å². The van der Waals surface area contributed by atoms with E-state index >= 15 is 0 Å². The van der Waals surface area contributed by atoms with Crippen molar-refractivity contribution in [1.82, 2.24) is 10.2 Å². The van der Waals surface area contributed by atoms with Crippen molar-refractivity contribution in [2.75, 3.05) is 46.6 Å². The molecule has 6 heteroatoms. The standard InChI is InChI=1S/C13H27N3O3/c1-3-15-13(17)12-10-19-8-7-16(12)11(9-18-2)5-4-6-14/h11-12H,3-10,14H2,1-2H3,(H,15,17). The molecule has 1 amide bonds. The number of ether oxygens (including phenoxy) is 2. The van der Waals surface area contributed by atoms with Crippen LogP contribution in [-0.4, -0.2) is 69.5 Å². The third-order valence-electron chi connectivity index (χ3n) is 3.39. The maximum Gasteiger partial charge on any atom is 0.239 e. The first-order valence-corrected chi connectivity index (χ1v) is 7.04. The minimum atomic E-state index is -0.216. The van der Waals surface area contributed by atoms with E-state index in [2.05, 4.69) is 10.2 Å². The molecule has 19 heavy (non-hydrogen) atoms. The van der Waals surface area contributed by atoms with Crippen molar-refractivity contribution in [2.45, 2.75) is 31.8 Å². The second-order valence-electron chi connectivity index (χ2n) is 4.76. The molecule has 0 aromatic heterocycles. The van der Waals surface area contributed by atoms with Gasteiger partial charge in [-0.2, -0.15) is 0 Å². The van der Waals surface area contributed by atoms with E-state index in [1.165, 1.54) is 0 Å². The van der Waals surface area contributed by atoms with Gasteiger partial charge in [0.25, 0.3) is 0 Å². The van der Waals surface area contributed by atoms with Crippen LogP contribution in [0.15, 0.2) is 0 Å². The van der Waals surface area contributed by atoms with E-state index in [1.807, 2.05) is 6.92 Å². The minimum Gasteiger partial charge on any atom is -0.383 e. The van der Waals surface area contributed by atoms with Gasteiger partial charge in [0, 0.05) is 26.2 Å². The zero-order valence-electron chi connectivity index (χ0n) is 12.1. The summed E-state index contributed by atoms with van der Waals surface area (Å²) in [6.45, 7) is 5.73. The number of nitrogens with two attached hydrogens (primary N) is 1. The molecule has 2 unspecified atom stereocenters. The number of nitrogens with one attached hydrogen (secondary N) is 1. The highest BCUT2D eigenvalue weighted by Gasteiger charge is 2.33. The lowest BCUT2D eigenvalue weighted by molar-refractivity contribution is -0.135. The highest BCUT2D eigenvalue weighted by Crippen LogP contribution is 2.16. The minimum absolute atomic E-state index is 0.0380. The zero-order chi connectivity index (χ0) is 14.1. The Morgan fingerprint density at radius 2 is 2.42 bits per heavy atom. The molecule has 0 spiro atoms. The first-order chi connectivity index (χ1) is 9.24. The van der Waals surface area contributed by atoms with Crippen molar-refractivity contribution in [3.05, 3.63) is 0 Å². The Hall–Kier alpha value is -0.690. The zero-order valence-corrected chi connectivity index (χ0v) is 12.1. The maximum absolute atomic E-state index is 12.1. The van der Waals surface area contributed by atoms with Gasteiger partial charge >= 0.3 is 0 Å². The van der Waals surface area contributed by atoms with Crippen molar-refractivity contribution < 1.29 is 14.3 Å². The lowest BCUT2D eigenvalue weighted by Crippen LogP contribution is -2.58. The summed E-state index contributed by atoms with van der Waals surface area (Å²) in [4.78, 5) is 14.3. The summed E-state index contributed by atoms with van der Waals surface area (Å²) in [6, 6.07) is 0.0108. The monoisotopic (exact) mass is 273 g/mol. The summed E-state index contributed by atoms with van der Waals surface area (Å²) in [6.07, 6.45) is 1.88. The molecule has 0 saturated carbocycles. The fourth-order valence-electron chi connectivity index (χ4n) is 2.46. The summed E-state index contributed by atoms with van der Waals surface area (Å²) in [5.74, 6) is 0.0380. The number of carbonyl (C=O) groups is 1. The quantitative estimate of drug-likeness (QED) is 0.628. The second-order valence-corrected chi connectivity index (χ2v) is 4.76. The smallest absolute Gasteiger partial charge is 0.239 e. The number of amides is 1. The van der Waals surface area contributed by atoms with E-state index < -0.39 is 0 Å². The van der Waals surface area contributed by atoms with Crippen LogP contribution in [0.2, 0.25) is 0 Å². The average Bonchev–Trinajstić information content (AvgIpc) is 2.44. The van der Waals surface area contributed by atoms with Crippen LogP contribution >= 0.6 is 0 Å². The summed E-state index contributed by atoms with van der Waals surface area (Å²) in [5, 5.41) is 2.87. The van der Waals surface area contributed by atoms with Gasteiger partial charge in [0.1, 0.15) is 6.04 Å². The Morgan fingerprint density at radius 3 is 3.05 bits per heavy atom. The van der Waals surface area contributed by atoms with E-state index in [-0.39, 0.29) is 18.0 Å². The third kappa shape index (κ3) is 5.06. The number of methoxy groups -OCH3 is 1. The first kappa shape index (κ1) is 16.4. The van der Waals surface area contributed by atoms with E-state index in [1.54, 1.807) is 7.11 Å². The van der Waals surface area contributed by atoms with Crippen LogP contribution in [0.4, 0.5) is 0 Å². The lowest BCUT2D eigenvalue weighted by Gasteiger charge is -2.39. The SMILES string of the molecule is CCNC(=O)C1COCCN1C(CCCN)COC. The average molecular weight is 273 g/mol. The fourth-order valence-corrected chi connectivity index (χ4v) is 2.46. The van der Waals surface area contributed by atoms with Gasteiger partial charge in [-0.3, -0.25) is 9.69 Å². The molecule has 1 heterocycles. The van der Waals surface area contributed by atoms with E-state index in [9.17, 15) is 4.79 Å². The van der Waals surface area contributed by atoms with Crippen molar-refractivity contribution in [2.24, 2.45) is 5.73 Å². The summed E-state index contributed by atoms with van der Waals surface area (Å²) in [5.41, 5.74) is 5.58. The first-order valence-electron chi connectivity index (χ1n) is 7.04. The molecule has 0 bridgehead atoms. The number of rotatable bonds is 8. The third-order valence-corrected chi connectivity index (χ3v) is 3.39. The van der Waals surface area contributed by atoms with Gasteiger partial charge in [-0.15, -0.1) is 0 Å². The molecule has 0 aliphatic carbocycles. The molecule has 0 radical (unpaired) electrons. The van der Waals surface area contributed by atoms with Gasteiger partial charge in [0.05, 0.1) is 19.8 Å². The van der Waals surface area contributed by atoms with Crippen LogP contribution < -0.4 is 11.1 Å². The van der Waals surface area contributed by atoms with Gasteiger partial charge in [0.2, 0.25) is 5.91 Å². The molecular formula is C13H27N3O3. The maximum atomic E-state index is 12.1. The molecule has 3 N–H and O–H groups in total. The fraction of sp³-hybridized carbons (Fsp3) is 0.923. The summed E-state index contributed by atoms with van der Waals surface area (Å²) < 4.78 is 10.7. The predicted octanol–water partition coefficient (Wildman–Crippen LogP) is -0.423. The van der Waals surface area contributed by atoms with Crippen molar-refractivity contribution in [1.29, 1.82) is 0 Å². The largest absolute Gasteiger partial charge is 0.383 e. The number of nitrogens with zero attached hydrogens (tertiary/aromatic N) is 1. The highest BCUT2D eigenvalue weighted by atomic mass is 16.5. The molecule has 6 nitrogen and oxygen atoms in total. The van der Waals surface area contributed by atoms with Gasteiger partial charge in [-0.1, -0.05) is 0 Å².